The number of hydrogen-bond acceptors (Lipinski definition) is 6. The molecule has 2 aromatic heterocycles. The van der Waals surface area contributed by atoms with Gasteiger partial charge in [0.15, 0.2) is 0 Å². The Kier molecular flexibility index (Phi) is 4.45. The van der Waals surface area contributed by atoms with Gasteiger partial charge in [0.25, 0.3) is 0 Å². The van der Waals surface area contributed by atoms with Crippen LogP contribution in [0.2, 0.25) is 0 Å². The van der Waals surface area contributed by atoms with E-state index in [1.165, 1.54) is 0 Å². The topological polar surface area (TPSA) is 75.9 Å². The van der Waals surface area contributed by atoms with Gasteiger partial charge < -0.3 is 15.2 Å². The molecule has 0 atom stereocenters. The van der Waals surface area contributed by atoms with Gasteiger partial charge in [0, 0.05) is 23.6 Å². The van der Waals surface area contributed by atoms with Crippen LogP contribution in [0.3, 0.4) is 0 Å². The molecule has 114 valence electrons. The van der Waals surface area contributed by atoms with Gasteiger partial charge in [-0.05, 0) is 13.8 Å². The molecule has 0 bridgehead atoms. The van der Waals surface area contributed by atoms with Crippen LogP contribution in [0.15, 0.2) is 16.9 Å². The van der Waals surface area contributed by atoms with Gasteiger partial charge >= 0.3 is 0 Å². The second-order valence-corrected chi connectivity index (χ2v) is 5.99. The number of rotatable bonds is 5. The SMILES string of the molecule is CCNc1nc(C(C)(C)C)nc(NCc2ccon2)c1C. The van der Waals surface area contributed by atoms with E-state index in [1.807, 2.05) is 13.0 Å². The third kappa shape index (κ3) is 3.71. The van der Waals surface area contributed by atoms with E-state index in [1.54, 1.807) is 6.26 Å². The lowest BCUT2D eigenvalue weighted by atomic mass is 9.95. The van der Waals surface area contributed by atoms with Gasteiger partial charge in [-0.15, -0.1) is 0 Å². The minimum absolute atomic E-state index is 0.109. The van der Waals surface area contributed by atoms with Crippen LogP contribution in [0, 0.1) is 6.92 Å². The van der Waals surface area contributed by atoms with Crippen molar-refractivity contribution in [3.05, 3.63) is 29.4 Å². The molecule has 0 aliphatic rings. The molecule has 0 aliphatic carbocycles. The van der Waals surface area contributed by atoms with Crippen LogP contribution in [-0.2, 0) is 12.0 Å². The van der Waals surface area contributed by atoms with Crippen molar-refractivity contribution in [2.75, 3.05) is 17.2 Å². The first-order valence-corrected chi connectivity index (χ1v) is 7.18. The fourth-order valence-corrected chi connectivity index (χ4v) is 1.87. The third-order valence-corrected chi connectivity index (χ3v) is 3.09. The summed E-state index contributed by atoms with van der Waals surface area (Å²) in [7, 11) is 0. The number of aromatic nitrogens is 3. The molecule has 2 aromatic rings. The van der Waals surface area contributed by atoms with Crippen LogP contribution >= 0.6 is 0 Å². The van der Waals surface area contributed by atoms with Gasteiger partial charge in [-0.1, -0.05) is 25.9 Å². The van der Waals surface area contributed by atoms with Crippen molar-refractivity contribution in [2.45, 2.75) is 46.6 Å². The largest absolute Gasteiger partial charge is 0.370 e. The summed E-state index contributed by atoms with van der Waals surface area (Å²) in [5, 5.41) is 10.5. The maximum atomic E-state index is 4.84. The van der Waals surface area contributed by atoms with Crippen molar-refractivity contribution in [1.82, 2.24) is 15.1 Å². The lowest BCUT2D eigenvalue weighted by molar-refractivity contribution is 0.412. The minimum atomic E-state index is -0.109. The second-order valence-electron chi connectivity index (χ2n) is 5.99. The molecule has 0 unspecified atom stereocenters. The Hall–Kier alpha value is -2.11. The summed E-state index contributed by atoms with van der Waals surface area (Å²) in [4.78, 5) is 9.31. The Morgan fingerprint density at radius 2 is 1.81 bits per heavy atom. The number of hydrogen-bond donors (Lipinski definition) is 2. The number of nitrogens with zero attached hydrogens (tertiary/aromatic N) is 3. The summed E-state index contributed by atoms with van der Waals surface area (Å²) in [5.41, 5.74) is 1.74. The van der Waals surface area contributed by atoms with Gasteiger partial charge in [0.1, 0.15) is 29.4 Å². The lowest BCUT2D eigenvalue weighted by Gasteiger charge is -2.21. The highest BCUT2D eigenvalue weighted by molar-refractivity contribution is 5.57. The van der Waals surface area contributed by atoms with Crippen LogP contribution in [0.1, 0.15) is 44.8 Å². The molecule has 2 heterocycles. The quantitative estimate of drug-likeness (QED) is 0.880. The van der Waals surface area contributed by atoms with E-state index in [0.717, 1.165) is 35.3 Å². The molecular formula is C15H23N5O. The first-order chi connectivity index (χ1) is 9.91. The smallest absolute Gasteiger partial charge is 0.138 e. The van der Waals surface area contributed by atoms with Crippen molar-refractivity contribution < 1.29 is 4.52 Å². The van der Waals surface area contributed by atoms with Crippen molar-refractivity contribution in [1.29, 1.82) is 0 Å². The van der Waals surface area contributed by atoms with E-state index < -0.39 is 0 Å². The minimum Gasteiger partial charge on any atom is -0.370 e. The Morgan fingerprint density at radius 3 is 2.33 bits per heavy atom. The van der Waals surface area contributed by atoms with Gasteiger partial charge in [0.05, 0.1) is 6.54 Å². The maximum Gasteiger partial charge on any atom is 0.138 e. The van der Waals surface area contributed by atoms with E-state index in [2.05, 4.69) is 53.5 Å². The van der Waals surface area contributed by atoms with E-state index in [4.69, 9.17) is 4.52 Å². The summed E-state index contributed by atoms with van der Waals surface area (Å²) >= 11 is 0. The molecule has 0 aromatic carbocycles. The zero-order valence-electron chi connectivity index (χ0n) is 13.3. The second kappa shape index (κ2) is 6.11. The van der Waals surface area contributed by atoms with Crippen molar-refractivity contribution in [2.24, 2.45) is 0 Å². The van der Waals surface area contributed by atoms with Crippen LogP contribution < -0.4 is 10.6 Å². The van der Waals surface area contributed by atoms with Gasteiger partial charge in [-0.2, -0.15) is 0 Å². The lowest BCUT2D eigenvalue weighted by Crippen LogP contribution is -2.20. The molecule has 21 heavy (non-hydrogen) atoms. The molecule has 6 nitrogen and oxygen atoms in total. The normalized spacial score (nSPS) is 11.5. The molecule has 6 heteroatoms. The van der Waals surface area contributed by atoms with Crippen LogP contribution in [-0.4, -0.2) is 21.7 Å². The molecule has 0 amide bonds. The molecule has 2 rings (SSSR count). The standard InChI is InChI=1S/C15H23N5O/c1-6-16-12-10(2)13(17-9-11-7-8-21-20-11)19-14(18-12)15(3,4)5/h7-8H,6,9H2,1-5H3,(H2,16,17,18,19). The Labute approximate surface area is 125 Å². The summed E-state index contributed by atoms with van der Waals surface area (Å²) in [6.45, 7) is 11.8. The highest BCUT2D eigenvalue weighted by Gasteiger charge is 2.21. The third-order valence-electron chi connectivity index (χ3n) is 3.09. The van der Waals surface area contributed by atoms with Crippen molar-refractivity contribution >= 4 is 11.6 Å². The highest BCUT2D eigenvalue weighted by Crippen LogP contribution is 2.26. The summed E-state index contributed by atoms with van der Waals surface area (Å²) in [5.74, 6) is 2.51. The monoisotopic (exact) mass is 289 g/mol. The summed E-state index contributed by atoms with van der Waals surface area (Å²) in [6, 6.07) is 1.83. The molecule has 0 aliphatic heterocycles. The molecule has 0 spiro atoms. The van der Waals surface area contributed by atoms with E-state index in [9.17, 15) is 0 Å². The van der Waals surface area contributed by atoms with Gasteiger partial charge in [-0.3, -0.25) is 0 Å². The molecule has 0 saturated heterocycles. The van der Waals surface area contributed by atoms with Crippen molar-refractivity contribution in [3.63, 3.8) is 0 Å². The zero-order chi connectivity index (χ0) is 15.5. The summed E-state index contributed by atoms with van der Waals surface area (Å²) in [6.07, 6.45) is 1.56. The predicted octanol–water partition coefficient (Wildman–Crippen LogP) is 3.11. The molecule has 2 N–H and O–H groups in total. The van der Waals surface area contributed by atoms with Crippen LogP contribution in [0.5, 0.6) is 0 Å². The predicted molar refractivity (Wildman–Crippen MR) is 83.5 cm³/mol. The maximum absolute atomic E-state index is 4.84. The fourth-order valence-electron chi connectivity index (χ4n) is 1.87. The molecular weight excluding hydrogens is 266 g/mol. The van der Waals surface area contributed by atoms with Crippen LogP contribution in [0.25, 0.3) is 0 Å². The Morgan fingerprint density at radius 1 is 1.14 bits per heavy atom. The van der Waals surface area contributed by atoms with Crippen LogP contribution in [0.4, 0.5) is 11.6 Å². The molecule has 0 saturated carbocycles. The first-order valence-electron chi connectivity index (χ1n) is 7.18. The van der Waals surface area contributed by atoms with Crippen molar-refractivity contribution in [3.8, 4) is 0 Å². The zero-order valence-corrected chi connectivity index (χ0v) is 13.3. The highest BCUT2D eigenvalue weighted by atomic mass is 16.5. The van der Waals surface area contributed by atoms with Gasteiger partial charge in [-0.25, -0.2) is 9.97 Å². The van der Waals surface area contributed by atoms with E-state index in [-0.39, 0.29) is 5.41 Å². The van der Waals surface area contributed by atoms with Gasteiger partial charge in [0.2, 0.25) is 0 Å². The van der Waals surface area contributed by atoms with E-state index in [0.29, 0.717) is 6.54 Å². The number of anilines is 2. The average Bonchev–Trinajstić information content (AvgIpc) is 2.91. The number of nitrogens with one attached hydrogen (secondary N) is 2. The Balaban J connectivity index is 2.31. The molecule has 0 radical (unpaired) electrons. The summed E-state index contributed by atoms with van der Waals surface area (Å²) < 4.78 is 4.84. The van der Waals surface area contributed by atoms with E-state index >= 15 is 0 Å². The fraction of sp³-hybridized carbons (Fsp3) is 0.533. The average molecular weight is 289 g/mol. The first kappa shape index (κ1) is 15.3. The molecule has 0 fully saturated rings. The Bertz CT molecular complexity index is 587.